The average Bonchev–Trinajstić information content (AvgIpc) is 3.97. The van der Waals surface area contributed by atoms with Crippen molar-refractivity contribution in [1.29, 1.82) is 0 Å². The van der Waals surface area contributed by atoms with Gasteiger partial charge in [-0.1, -0.05) is 115 Å². The van der Waals surface area contributed by atoms with Crippen LogP contribution in [0.1, 0.15) is 22.4 Å². The van der Waals surface area contributed by atoms with Crippen LogP contribution < -0.4 is 4.90 Å². The van der Waals surface area contributed by atoms with Gasteiger partial charge in [-0.05, 0) is 119 Å². The lowest BCUT2D eigenvalue weighted by molar-refractivity contribution is 1.03. The van der Waals surface area contributed by atoms with Crippen molar-refractivity contribution in [2.24, 2.45) is 0 Å². The highest BCUT2D eigenvalue weighted by molar-refractivity contribution is 7.26. The largest absolute Gasteiger partial charge is 0.311 e. The molecule has 1 aliphatic carbocycles. The lowest BCUT2D eigenvalue weighted by atomic mass is 9.92. The van der Waals surface area contributed by atoms with Crippen molar-refractivity contribution in [2.45, 2.75) is 12.8 Å². The zero-order valence-electron chi connectivity index (χ0n) is 31.6. The highest BCUT2D eigenvalue weighted by atomic mass is 32.1. The number of allylic oxidation sites excluding steroid dienone is 1. The third-order valence-corrected chi connectivity index (χ3v) is 14.4. The van der Waals surface area contributed by atoms with Crippen molar-refractivity contribution >= 4 is 103 Å². The quantitative estimate of drug-likeness (QED) is 0.163. The standard InChI is InChI=1S/C54H36N2S2/c1-2-12-38(13-3-1)55(39-27-22-35(23-28-39)37-26-31-53-47(32-37)44-16-6-10-20-51(44)57-53)40-29-24-36(25-30-40)46-33-41(34-48-45-17-7-11-21-52(45)58-54(46)48)56-49-18-8-4-14-42(49)43-15-5-9-19-50(43)56/h1-25,27-30,32-34H,26,31H2. The van der Waals surface area contributed by atoms with Crippen LogP contribution in [0.25, 0.3) is 80.5 Å². The molecule has 2 nitrogen and oxygen atoms in total. The Kier molecular flexibility index (Phi) is 7.75. The van der Waals surface area contributed by atoms with Crippen LogP contribution in [0.2, 0.25) is 0 Å². The van der Waals surface area contributed by atoms with E-state index in [-0.39, 0.29) is 0 Å². The van der Waals surface area contributed by atoms with E-state index in [0.717, 1.165) is 29.9 Å². The molecule has 0 N–H and O–H groups in total. The predicted molar refractivity (Wildman–Crippen MR) is 252 cm³/mol. The first kappa shape index (κ1) is 33.4. The van der Waals surface area contributed by atoms with E-state index < -0.39 is 0 Å². The Balaban J connectivity index is 0.963. The van der Waals surface area contributed by atoms with Crippen molar-refractivity contribution in [3.05, 3.63) is 204 Å². The van der Waals surface area contributed by atoms with Gasteiger partial charge in [0.1, 0.15) is 0 Å². The van der Waals surface area contributed by atoms with Gasteiger partial charge in [0.25, 0.3) is 0 Å². The topological polar surface area (TPSA) is 8.17 Å². The average molecular weight is 777 g/mol. The van der Waals surface area contributed by atoms with Gasteiger partial charge in [0.2, 0.25) is 0 Å². The van der Waals surface area contributed by atoms with Crippen LogP contribution in [-0.4, -0.2) is 4.57 Å². The molecular weight excluding hydrogens is 741 g/mol. The van der Waals surface area contributed by atoms with Gasteiger partial charge in [0.15, 0.2) is 0 Å². The SMILES string of the molecule is C1=C(c2ccc(N(c3ccccc3)c3ccc(-c4cc(-n5c6ccccc6c6ccccc65)cc5c4sc4ccccc45)cc3)cc2)CCc2sc3ccccc3c21. The molecule has 0 radical (unpaired) electrons. The molecule has 0 saturated carbocycles. The lowest BCUT2D eigenvalue weighted by Crippen LogP contribution is -2.09. The molecular formula is C54H36N2S2. The summed E-state index contributed by atoms with van der Waals surface area (Å²) >= 11 is 3.83. The molecule has 8 aromatic carbocycles. The number of aromatic nitrogens is 1. The maximum Gasteiger partial charge on any atom is 0.0541 e. The molecule has 4 heteroatoms. The van der Waals surface area contributed by atoms with Gasteiger partial charge in [0, 0.05) is 68.8 Å². The van der Waals surface area contributed by atoms with Gasteiger partial charge in [0.05, 0.1) is 11.0 Å². The number of benzene rings is 8. The summed E-state index contributed by atoms with van der Waals surface area (Å²) < 4.78 is 6.45. The van der Waals surface area contributed by atoms with Crippen LogP contribution in [0, 0.1) is 0 Å². The van der Waals surface area contributed by atoms with E-state index in [2.05, 4.69) is 204 Å². The van der Waals surface area contributed by atoms with Gasteiger partial charge in [-0.25, -0.2) is 0 Å². The second-order valence-electron chi connectivity index (χ2n) is 15.2. The minimum atomic E-state index is 1.06. The van der Waals surface area contributed by atoms with Gasteiger partial charge >= 0.3 is 0 Å². The van der Waals surface area contributed by atoms with Crippen LogP contribution in [0.4, 0.5) is 17.1 Å². The molecule has 0 atom stereocenters. The molecule has 3 aromatic heterocycles. The summed E-state index contributed by atoms with van der Waals surface area (Å²) in [5.74, 6) is 0. The minimum absolute atomic E-state index is 1.06. The Bertz CT molecular complexity index is 3330. The van der Waals surface area contributed by atoms with Crippen molar-refractivity contribution in [3.8, 4) is 16.8 Å². The number of anilines is 3. The molecule has 0 aliphatic heterocycles. The summed E-state index contributed by atoms with van der Waals surface area (Å²) in [6, 6.07) is 69.1. The molecule has 0 spiro atoms. The third kappa shape index (κ3) is 5.37. The predicted octanol–water partition coefficient (Wildman–Crippen LogP) is 16.0. The minimum Gasteiger partial charge on any atom is -0.311 e. The summed E-state index contributed by atoms with van der Waals surface area (Å²) in [5, 5.41) is 6.51. The summed E-state index contributed by atoms with van der Waals surface area (Å²) in [7, 11) is 0. The van der Waals surface area contributed by atoms with Gasteiger partial charge in [-0.2, -0.15) is 0 Å². The molecule has 0 saturated heterocycles. The number of hydrogen-bond donors (Lipinski definition) is 0. The van der Waals surface area contributed by atoms with Crippen molar-refractivity contribution in [1.82, 2.24) is 4.57 Å². The molecule has 0 amide bonds. The normalized spacial score (nSPS) is 12.8. The molecule has 3 heterocycles. The van der Waals surface area contributed by atoms with Gasteiger partial charge < -0.3 is 9.47 Å². The summed E-state index contributed by atoms with van der Waals surface area (Å²) in [5.41, 5.74) is 13.6. The van der Waals surface area contributed by atoms with E-state index in [9.17, 15) is 0 Å². The number of aryl methyl sites for hydroxylation is 1. The smallest absolute Gasteiger partial charge is 0.0541 e. The second kappa shape index (κ2) is 13.5. The molecule has 0 bridgehead atoms. The molecule has 0 fully saturated rings. The fourth-order valence-electron chi connectivity index (χ4n) is 9.18. The third-order valence-electron chi connectivity index (χ3n) is 11.9. The van der Waals surface area contributed by atoms with Crippen LogP contribution >= 0.6 is 22.7 Å². The molecule has 11 aromatic rings. The molecule has 12 rings (SSSR count). The Morgan fingerprint density at radius 3 is 1.67 bits per heavy atom. The fraction of sp³-hybridized carbons (Fsp3) is 0.0370. The van der Waals surface area contributed by atoms with Crippen molar-refractivity contribution < 1.29 is 0 Å². The monoisotopic (exact) mass is 776 g/mol. The summed E-state index contributed by atoms with van der Waals surface area (Å²) in [4.78, 5) is 3.88. The van der Waals surface area contributed by atoms with Gasteiger partial charge in [-0.15, -0.1) is 22.7 Å². The van der Waals surface area contributed by atoms with E-state index in [4.69, 9.17) is 0 Å². The van der Waals surface area contributed by atoms with Crippen LogP contribution in [0.15, 0.2) is 188 Å². The number of hydrogen-bond acceptors (Lipinski definition) is 3. The number of thiophene rings is 2. The highest BCUT2D eigenvalue weighted by Crippen LogP contribution is 2.45. The Morgan fingerprint density at radius 2 is 0.983 bits per heavy atom. The summed E-state index contributed by atoms with van der Waals surface area (Å²) in [6.07, 6.45) is 4.60. The fourth-order valence-corrected chi connectivity index (χ4v) is 11.6. The number of fused-ring (bicyclic) bond motifs is 9. The van der Waals surface area contributed by atoms with E-state index in [0.29, 0.717) is 0 Å². The van der Waals surface area contributed by atoms with E-state index in [1.165, 1.54) is 90.5 Å². The zero-order chi connectivity index (χ0) is 38.2. The maximum atomic E-state index is 2.44. The van der Waals surface area contributed by atoms with Crippen LogP contribution in [0.3, 0.4) is 0 Å². The van der Waals surface area contributed by atoms with E-state index >= 15 is 0 Å². The highest BCUT2D eigenvalue weighted by Gasteiger charge is 2.20. The molecule has 1 aliphatic rings. The molecule has 58 heavy (non-hydrogen) atoms. The number of nitrogens with zero attached hydrogens (tertiary/aromatic N) is 2. The number of para-hydroxylation sites is 3. The second-order valence-corrected chi connectivity index (χ2v) is 17.4. The Hall–Kier alpha value is -6.72. The first-order valence-electron chi connectivity index (χ1n) is 20.0. The van der Waals surface area contributed by atoms with E-state index in [1.807, 2.05) is 22.7 Å². The van der Waals surface area contributed by atoms with Crippen molar-refractivity contribution in [3.63, 3.8) is 0 Å². The number of rotatable bonds is 6. The van der Waals surface area contributed by atoms with Crippen LogP contribution in [-0.2, 0) is 6.42 Å². The first-order chi connectivity index (χ1) is 28.7. The lowest BCUT2D eigenvalue weighted by Gasteiger charge is -2.26. The Labute approximate surface area is 344 Å². The first-order valence-corrected chi connectivity index (χ1v) is 21.6. The van der Waals surface area contributed by atoms with E-state index in [1.54, 1.807) is 0 Å². The summed E-state index contributed by atoms with van der Waals surface area (Å²) in [6.45, 7) is 0. The van der Waals surface area contributed by atoms with Crippen LogP contribution in [0.5, 0.6) is 0 Å². The van der Waals surface area contributed by atoms with Crippen molar-refractivity contribution in [2.75, 3.05) is 4.90 Å². The zero-order valence-corrected chi connectivity index (χ0v) is 33.2. The molecule has 274 valence electrons. The maximum absolute atomic E-state index is 2.44. The molecule has 0 unspecified atom stereocenters. The Morgan fingerprint density at radius 1 is 0.431 bits per heavy atom. The van der Waals surface area contributed by atoms with Gasteiger partial charge in [-0.3, -0.25) is 0 Å².